The van der Waals surface area contributed by atoms with Crippen molar-refractivity contribution in [3.05, 3.63) is 15.5 Å². The summed E-state index contributed by atoms with van der Waals surface area (Å²) in [5, 5.41) is 13.9. The summed E-state index contributed by atoms with van der Waals surface area (Å²) < 4.78 is 2.03. The van der Waals surface area contributed by atoms with Crippen LogP contribution in [0.3, 0.4) is 0 Å². The van der Waals surface area contributed by atoms with E-state index in [1.807, 2.05) is 22.6 Å². The molecule has 0 radical (unpaired) electrons. The van der Waals surface area contributed by atoms with E-state index in [0.717, 1.165) is 0 Å². The van der Waals surface area contributed by atoms with Crippen LogP contribution in [0.4, 0.5) is 0 Å². The fourth-order valence-corrected chi connectivity index (χ4v) is 1.33. The first-order valence-electron chi connectivity index (χ1n) is 2.51. The molecule has 0 saturated heterocycles. The van der Waals surface area contributed by atoms with Crippen LogP contribution in [0.25, 0.3) is 0 Å². The van der Waals surface area contributed by atoms with Gasteiger partial charge in [0.05, 0.1) is 9.54 Å². The topological polar surface area (TPSA) is 58.0 Å². The Hall–Kier alpha value is -0.590. The molecule has 4 nitrogen and oxygen atoms in total. The zero-order valence-corrected chi connectivity index (χ0v) is 7.32. The van der Waals surface area contributed by atoms with Gasteiger partial charge in [0.15, 0.2) is 0 Å². The van der Waals surface area contributed by atoms with E-state index < -0.39 is 5.97 Å². The standard InChI is InChI=1S/C5H5IN2O2/c1-8-2-3(6)4(7-8)5(9)10/h2H,1H3,(H,9,10)/p-1. The number of carboxylic acid groups (broad SMARTS) is 1. The van der Waals surface area contributed by atoms with Crippen molar-refractivity contribution in [3.63, 3.8) is 0 Å². The second-order valence-corrected chi connectivity index (χ2v) is 2.95. The molecule has 0 bridgehead atoms. The highest BCUT2D eigenvalue weighted by molar-refractivity contribution is 14.1. The molecule has 10 heavy (non-hydrogen) atoms. The minimum absolute atomic E-state index is 0.00287. The average molecular weight is 251 g/mol. The molecular formula is C5H4IN2O2-. The smallest absolute Gasteiger partial charge is 0.121 e. The fourth-order valence-electron chi connectivity index (χ4n) is 0.598. The van der Waals surface area contributed by atoms with E-state index >= 15 is 0 Å². The molecule has 1 aromatic rings. The lowest BCUT2D eigenvalue weighted by molar-refractivity contribution is -0.255. The minimum atomic E-state index is -1.23. The van der Waals surface area contributed by atoms with E-state index in [1.54, 1.807) is 13.2 Å². The molecule has 0 N–H and O–H groups in total. The van der Waals surface area contributed by atoms with Crippen LogP contribution in [0.5, 0.6) is 0 Å². The number of hydrogen-bond donors (Lipinski definition) is 0. The molecule has 1 aromatic heterocycles. The number of carboxylic acids is 1. The Bertz CT molecular complexity index is 269. The van der Waals surface area contributed by atoms with Crippen molar-refractivity contribution in [2.75, 3.05) is 0 Å². The van der Waals surface area contributed by atoms with Crippen LogP contribution in [0.2, 0.25) is 0 Å². The van der Waals surface area contributed by atoms with Gasteiger partial charge in [-0.05, 0) is 22.6 Å². The van der Waals surface area contributed by atoms with Gasteiger partial charge in [0.1, 0.15) is 5.69 Å². The summed E-state index contributed by atoms with van der Waals surface area (Å²) in [6, 6.07) is 0. The predicted octanol–water partition coefficient (Wildman–Crippen LogP) is -0.612. The van der Waals surface area contributed by atoms with E-state index in [9.17, 15) is 9.90 Å². The van der Waals surface area contributed by atoms with Crippen molar-refractivity contribution in [1.82, 2.24) is 9.78 Å². The Morgan fingerprint density at radius 2 is 2.50 bits per heavy atom. The van der Waals surface area contributed by atoms with Crippen molar-refractivity contribution in [1.29, 1.82) is 0 Å². The molecule has 0 saturated carbocycles. The molecule has 0 unspecified atom stereocenters. The molecule has 0 atom stereocenters. The third-order valence-electron chi connectivity index (χ3n) is 0.977. The van der Waals surface area contributed by atoms with Crippen LogP contribution >= 0.6 is 22.6 Å². The Balaban J connectivity index is 3.15. The Morgan fingerprint density at radius 3 is 2.70 bits per heavy atom. The van der Waals surface area contributed by atoms with Gasteiger partial charge >= 0.3 is 0 Å². The van der Waals surface area contributed by atoms with Crippen LogP contribution in [-0.2, 0) is 7.05 Å². The number of carbonyl (C=O) groups is 1. The first-order valence-corrected chi connectivity index (χ1v) is 3.59. The molecule has 0 aliphatic carbocycles. The molecule has 0 aromatic carbocycles. The highest BCUT2D eigenvalue weighted by atomic mass is 127. The lowest BCUT2D eigenvalue weighted by atomic mass is 10.5. The highest BCUT2D eigenvalue weighted by Crippen LogP contribution is 2.07. The summed E-state index contributed by atoms with van der Waals surface area (Å²) >= 11 is 1.89. The molecule has 0 amide bonds. The number of aromatic nitrogens is 2. The number of nitrogens with zero attached hydrogens (tertiary/aromatic N) is 2. The number of hydrogen-bond acceptors (Lipinski definition) is 3. The monoisotopic (exact) mass is 251 g/mol. The summed E-state index contributed by atoms with van der Waals surface area (Å²) in [5.74, 6) is -1.23. The largest absolute Gasteiger partial charge is 0.543 e. The molecule has 54 valence electrons. The first-order chi connectivity index (χ1) is 4.61. The molecular weight excluding hydrogens is 247 g/mol. The van der Waals surface area contributed by atoms with Crippen LogP contribution in [0, 0.1) is 3.57 Å². The Morgan fingerprint density at radius 1 is 1.90 bits per heavy atom. The lowest BCUT2D eigenvalue weighted by Crippen LogP contribution is -2.23. The number of aryl methyl sites for hydroxylation is 1. The van der Waals surface area contributed by atoms with Gasteiger partial charge in [0.2, 0.25) is 0 Å². The van der Waals surface area contributed by atoms with E-state index in [0.29, 0.717) is 3.57 Å². The number of rotatable bonds is 1. The third-order valence-corrected chi connectivity index (χ3v) is 1.77. The Labute approximate surface area is 71.0 Å². The number of aromatic carboxylic acids is 1. The van der Waals surface area contributed by atoms with Crippen molar-refractivity contribution >= 4 is 28.6 Å². The van der Waals surface area contributed by atoms with Crippen molar-refractivity contribution in [2.45, 2.75) is 0 Å². The molecule has 0 fully saturated rings. The molecule has 0 aliphatic rings. The summed E-state index contributed by atoms with van der Waals surface area (Å²) in [7, 11) is 1.66. The van der Waals surface area contributed by atoms with Crippen LogP contribution in [-0.4, -0.2) is 15.7 Å². The maximum atomic E-state index is 10.2. The molecule has 1 heterocycles. The molecule has 0 aliphatic heterocycles. The van der Waals surface area contributed by atoms with Crippen LogP contribution < -0.4 is 5.11 Å². The quantitative estimate of drug-likeness (QED) is 0.625. The third kappa shape index (κ3) is 1.28. The van der Waals surface area contributed by atoms with Gasteiger partial charge in [0, 0.05) is 13.2 Å². The maximum Gasteiger partial charge on any atom is 0.121 e. The molecule has 5 heteroatoms. The lowest BCUT2D eigenvalue weighted by Gasteiger charge is -1.94. The van der Waals surface area contributed by atoms with Crippen LogP contribution in [0.15, 0.2) is 6.20 Å². The first kappa shape index (κ1) is 7.52. The zero-order valence-electron chi connectivity index (χ0n) is 5.17. The second kappa shape index (κ2) is 2.57. The van der Waals surface area contributed by atoms with Gasteiger partial charge in [-0.1, -0.05) is 0 Å². The SMILES string of the molecule is Cn1cc(I)c(C(=O)[O-])n1. The van der Waals surface area contributed by atoms with Crippen molar-refractivity contribution < 1.29 is 9.90 Å². The van der Waals surface area contributed by atoms with Gasteiger partial charge in [-0.2, -0.15) is 5.10 Å². The van der Waals surface area contributed by atoms with E-state index in [-0.39, 0.29) is 5.69 Å². The van der Waals surface area contributed by atoms with Crippen molar-refractivity contribution in [3.8, 4) is 0 Å². The zero-order chi connectivity index (χ0) is 7.72. The molecule has 0 spiro atoms. The van der Waals surface area contributed by atoms with Gasteiger partial charge in [-0.25, -0.2) is 0 Å². The van der Waals surface area contributed by atoms with Gasteiger partial charge in [-0.3, -0.25) is 4.68 Å². The average Bonchev–Trinajstić information content (AvgIpc) is 2.10. The molecule has 1 rings (SSSR count). The summed E-state index contributed by atoms with van der Waals surface area (Å²) in [6.45, 7) is 0. The summed E-state index contributed by atoms with van der Waals surface area (Å²) in [4.78, 5) is 10.2. The fraction of sp³-hybridized carbons (Fsp3) is 0.200. The van der Waals surface area contributed by atoms with Crippen LogP contribution in [0.1, 0.15) is 10.5 Å². The number of carbonyl (C=O) groups excluding carboxylic acids is 1. The van der Waals surface area contributed by atoms with Gasteiger partial charge < -0.3 is 9.90 Å². The van der Waals surface area contributed by atoms with E-state index in [1.165, 1.54) is 4.68 Å². The normalized spacial score (nSPS) is 9.80. The van der Waals surface area contributed by atoms with E-state index in [4.69, 9.17) is 0 Å². The maximum absolute atomic E-state index is 10.2. The summed E-state index contributed by atoms with van der Waals surface area (Å²) in [6.07, 6.45) is 1.62. The summed E-state index contributed by atoms with van der Waals surface area (Å²) in [5.41, 5.74) is 0.00287. The highest BCUT2D eigenvalue weighted by Gasteiger charge is 2.03. The van der Waals surface area contributed by atoms with Crippen molar-refractivity contribution in [2.24, 2.45) is 7.05 Å². The van der Waals surface area contributed by atoms with Gasteiger partial charge in [-0.15, -0.1) is 0 Å². The van der Waals surface area contributed by atoms with E-state index in [2.05, 4.69) is 5.10 Å². The van der Waals surface area contributed by atoms with Gasteiger partial charge in [0.25, 0.3) is 0 Å². The Kier molecular flexibility index (Phi) is 1.93. The minimum Gasteiger partial charge on any atom is -0.543 e. The predicted molar refractivity (Wildman–Crippen MR) is 40.3 cm³/mol. The second-order valence-electron chi connectivity index (χ2n) is 1.79. The number of halogens is 1.